The molecule has 1 aliphatic rings. The van der Waals surface area contributed by atoms with E-state index in [1.807, 2.05) is 18.2 Å². The van der Waals surface area contributed by atoms with Gasteiger partial charge in [0.2, 0.25) is 0 Å². The fraction of sp³-hybridized carbons (Fsp3) is 0.533. The Morgan fingerprint density at radius 3 is 2.89 bits per heavy atom. The molecule has 1 aromatic rings. The molecule has 3 nitrogen and oxygen atoms in total. The molecule has 18 heavy (non-hydrogen) atoms. The quantitative estimate of drug-likeness (QED) is 0.573. The van der Waals surface area contributed by atoms with E-state index in [0.717, 1.165) is 32.3 Å². The van der Waals surface area contributed by atoms with Crippen molar-refractivity contribution in [3.63, 3.8) is 0 Å². The van der Waals surface area contributed by atoms with Crippen molar-refractivity contribution in [2.75, 3.05) is 13.2 Å². The first-order chi connectivity index (χ1) is 8.84. The van der Waals surface area contributed by atoms with Crippen LogP contribution in [0.5, 0.6) is 0 Å². The van der Waals surface area contributed by atoms with Crippen LogP contribution in [-0.4, -0.2) is 25.3 Å². The van der Waals surface area contributed by atoms with E-state index in [9.17, 15) is 4.79 Å². The van der Waals surface area contributed by atoms with Crippen molar-refractivity contribution in [1.82, 2.24) is 0 Å². The van der Waals surface area contributed by atoms with Crippen molar-refractivity contribution in [2.45, 2.75) is 38.2 Å². The molecule has 0 radical (unpaired) electrons. The zero-order valence-electron chi connectivity index (χ0n) is 10.6. The lowest BCUT2D eigenvalue weighted by molar-refractivity contribution is -0.146. The van der Waals surface area contributed by atoms with Gasteiger partial charge in [0.05, 0.1) is 19.1 Å². The maximum Gasteiger partial charge on any atom is 0.308 e. The van der Waals surface area contributed by atoms with Crippen molar-refractivity contribution >= 4 is 5.97 Å². The van der Waals surface area contributed by atoms with Gasteiger partial charge in [-0.15, -0.1) is 0 Å². The molecule has 1 saturated heterocycles. The highest BCUT2D eigenvalue weighted by Gasteiger charge is 2.19. The van der Waals surface area contributed by atoms with E-state index in [2.05, 4.69) is 12.1 Å². The first-order valence-corrected chi connectivity index (χ1v) is 6.66. The number of rotatable bonds is 6. The molecule has 0 spiro atoms. The molecule has 3 heteroatoms. The highest BCUT2D eigenvalue weighted by molar-refractivity contribution is 5.69. The summed E-state index contributed by atoms with van der Waals surface area (Å²) < 4.78 is 10.6. The Labute approximate surface area is 108 Å². The highest BCUT2D eigenvalue weighted by Crippen LogP contribution is 2.15. The zero-order valence-corrected chi connectivity index (χ0v) is 10.6. The van der Waals surface area contributed by atoms with Crippen LogP contribution in [0.1, 0.15) is 31.2 Å². The minimum Gasteiger partial charge on any atom is -0.466 e. The van der Waals surface area contributed by atoms with Crippen LogP contribution in [0, 0.1) is 0 Å². The van der Waals surface area contributed by atoms with Crippen molar-refractivity contribution in [1.29, 1.82) is 0 Å². The summed E-state index contributed by atoms with van der Waals surface area (Å²) in [6.45, 7) is 1.28. The normalized spacial score (nSPS) is 18.8. The number of carbonyl (C=O) groups is 1. The minimum atomic E-state index is -0.130. The lowest BCUT2D eigenvalue weighted by Gasteiger charge is -2.09. The predicted octanol–water partition coefficient (Wildman–Crippen LogP) is 2.73. The molecule has 0 aliphatic carbocycles. The summed E-state index contributed by atoms with van der Waals surface area (Å²) in [5, 5.41) is 0. The Morgan fingerprint density at radius 1 is 1.33 bits per heavy atom. The number of aryl methyl sites for hydroxylation is 1. The van der Waals surface area contributed by atoms with Crippen LogP contribution in [0.25, 0.3) is 0 Å². The van der Waals surface area contributed by atoms with Crippen molar-refractivity contribution in [3.05, 3.63) is 35.9 Å². The first-order valence-electron chi connectivity index (χ1n) is 6.66. The molecule has 0 amide bonds. The SMILES string of the molecule is O=C(CC1CCCO1)OCCCc1ccccc1. The number of hydrogen-bond donors (Lipinski definition) is 0. The summed E-state index contributed by atoms with van der Waals surface area (Å²) >= 11 is 0. The summed E-state index contributed by atoms with van der Waals surface area (Å²) in [4.78, 5) is 11.5. The van der Waals surface area contributed by atoms with Crippen LogP contribution in [0.15, 0.2) is 30.3 Å². The third-order valence-electron chi connectivity index (χ3n) is 3.13. The summed E-state index contributed by atoms with van der Waals surface area (Å²) in [6, 6.07) is 10.2. The molecule has 2 rings (SSSR count). The second-order valence-electron chi connectivity index (χ2n) is 4.65. The number of benzene rings is 1. The molecule has 1 heterocycles. The number of hydrogen-bond acceptors (Lipinski definition) is 3. The van der Waals surface area contributed by atoms with E-state index in [4.69, 9.17) is 9.47 Å². The van der Waals surface area contributed by atoms with Gasteiger partial charge in [-0.1, -0.05) is 30.3 Å². The standard InChI is InChI=1S/C15H20O3/c16-15(12-14-9-5-10-17-14)18-11-4-8-13-6-2-1-3-7-13/h1-3,6-7,14H,4-5,8-12H2. The van der Waals surface area contributed by atoms with Gasteiger partial charge >= 0.3 is 5.97 Å². The van der Waals surface area contributed by atoms with E-state index in [1.54, 1.807) is 0 Å². The predicted molar refractivity (Wildman–Crippen MR) is 69.3 cm³/mol. The van der Waals surface area contributed by atoms with E-state index in [0.29, 0.717) is 13.0 Å². The second-order valence-corrected chi connectivity index (χ2v) is 4.65. The van der Waals surface area contributed by atoms with Gasteiger partial charge in [0.15, 0.2) is 0 Å². The van der Waals surface area contributed by atoms with E-state index in [1.165, 1.54) is 5.56 Å². The van der Waals surface area contributed by atoms with Gasteiger partial charge in [0.1, 0.15) is 0 Å². The van der Waals surface area contributed by atoms with Crippen LogP contribution >= 0.6 is 0 Å². The lowest BCUT2D eigenvalue weighted by atomic mass is 10.1. The zero-order chi connectivity index (χ0) is 12.6. The van der Waals surface area contributed by atoms with Gasteiger partial charge in [-0.25, -0.2) is 0 Å². The van der Waals surface area contributed by atoms with Crippen LogP contribution in [-0.2, 0) is 20.7 Å². The molecule has 0 aromatic heterocycles. The Bertz CT molecular complexity index is 355. The van der Waals surface area contributed by atoms with Gasteiger partial charge in [-0.05, 0) is 31.2 Å². The van der Waals surface area contributed by atoms with Gasteiger partial charge in [-0.3, -0.25) is 4.79 Å². The Balaban J connectivity index is 1.56. The molecule has 1 fully saturated rings. The van der Waals surface area contributed by atoms with E-state index in [-0.39, 0.29) is 12.1 Å². The monoisotopic (exact) mass is 248 g/mol. The molecule has 1 aromatic carbocycles. The Kier molecular flexibility index (Phi) is 5.21. The summed E-state index contributed by atoms with van der Waals surface area (Å²) in [5.41, 5.74) is 1.28. The van der Waals surface area contributed by atoms with Crippen LogP contribution in [0.4, 0.5) is 0 Å². The molecular formula is C15H20O3. The third kappa shape index (κ3) is 4.49. The van der Waals surface area contributed by atoms with Crippen LogP contribution < -0.4 is 0 Å². The second kappa shape index (κ2) is 7.17. The molecule has 0 bridgehead atoms. The maximum absolute atomic E-state index is 11.5. The maximum atomic E-state index is 11.5. The molecule has 98 valence electrons. The average molecular weight is 248 g/mol. The smallest absolute Gasteiger partial charge is 0.308 e. The topological polar surface area (TPSA) is 35.5 Å². The minimum absolute atomic E-state index is 0.0895. The first kappa shape index (κ1) is 13.1. The van der Waals surface area contributed by atoms with Crippen molar-refractivity contribution in [3.8, 4) is 0 Å². The summed E-state index contributed by atoms with van der Waals surface area (Å²) in [5.74, 6) is -0.130. The molecule has 1 aliphatic heterocycles. The molecular weight excluding hydrogens is 228 g/mol. The Morgan fingerprint density at radius 2 is 2.17 bits per heavy atom. The Hall–Kier alpha value is -1.35. The van der Waals surface area contributed by atoms with Gasteiger partial charge in [-0.2, -0.15) is 0 Å². The van der Waals surface area contributed by atoms with Gasteiger partial charge in [0, 0.05) is 6.61 Å². The van der Waals surface area contributed by atoms with Crippen LogP contribution in [0.3, 0.4) is 0 Å². The number of ether oxygens (including phenoxy) is 2. The molecule has 0 N–H and O–H groups in total. The van der Waals surface area contributed by atoms with Gasteiger partial charge < -0.3 is 9.47 Å². The molecule has 1 atom stereocenters. The van der Waals surface area contributed by atoms with Gasteiger partial charge in [0.25, 0.3) is 0 Å². The lowest BCUT2D eigenvalue weighted by Crippen LogP contribution is -2.15. The number of esters is 1. The van der Waals surface area contributed by atoms with E-state index < -0.39 is 0 Å². The van der Waals surface area contributed by atoms with E-state index >= 15 is 0 Å². The third-order valence-corrected chi connectivity index (χ3v) is 3.13. The highest BCUT2D eigenvalue weighted by atomic mass is 16.5. The van der Waals surface area contributed by atoms with Crippen molar-refractivity contribution < 1.29 is 14.3 Å². The fourth-order valence-electron chi connectivity index (χ4n) is 2.16. The largest absolute Gasteiger partial charge is 0.466 e. The summed E-state index contributed by atoms with van der Waals surface area (Å²) in [6.07, 6.45) is 4.37. The summed E-state index contributed by atoms with van der Waals surface area (Å²) in [7, 11) is 0. The van der Waals surface area contributed by atoms with Crippen LogP contribution in [0.2, 0.25) is 0 Å². The molecule has 1 unspecified atom stereocenters. The average Bonchev–Trinajstić information content (AvgIpc) is 2.89. The molecule has 0 saturated carbocycles. The number of carbonyl (C=O) groups excluding carboxylic acids is 1. The fourth-order valence-corrected chi connectivity index (χ4v) is 2.16. The van der Waals surface area contributed by atoms with Crippen molar-refractivity contribution in [2.24, 2.45) is 0 Å².